The van der Waals surface area contributed by atoms with Crippen LogP contribution in [0.2, 0.25) is 0 Å². The minimum absolute atomic E-state index is 0.0147. The number of benzene rings is 2. The number of carbonyl (C=O) groups is 2. The number of aryl methyl sites for hydroxylation is 2. The smallest absolute Gasteiger partial charge is 0.250 e. The van der Waals surface area contributed by atoms with E-state index < -0.39 is 0 Å². The van der Waals surface area contributed by atoms with E-state index in [2.05, 4.69) is 21.5 Å². The molecule has 1 aliphatic carbocycles. The molecule has 7 nitrogen and oxygen atoms in total. The van der Waals surface area contributed by atoms with E-state index in [0.29, 0.717) is 10.5 Å². The standard InChI is InChI=1S/C25H24N4O3S/c1-32-20-10-8-17(9-11-20)21-15-33-25-27-24(28-29(21)25)26-23(31)13-12-22(30)19-7-6-16-4-2-3-5-18(16)14-19/h6-11,14-15H,2-5,12-13H2,1H3,(H,26,28,31). The van der Waals surface area contributed by atoms with Crippen LogP contribution in [0.3, 0.4) is 0 Å². The molecule has 0 saturated heterocycles. The van der Waals surface area contributed by atoms with Crippen molar-refractivity contribution in [3.05, 3.63) is 64.5 Å². The Labute approximate surface area is 195 Å². The van der Waals surface area contributed by atoms with Gasteiger partial charge in [-0.1, -0.05) is 12.1 Å². The normalized spacial score (nSPS) is 13.0. The van der Waals surface area contributed by atoms with Gasteiger partial charge in [0, 0.05) is 29.3 Å². The maximum atomic E-state index is 12.6. The van der Waals surface area contributed by atoms with Crippen LogP contribution in [0.4, 0.5) is 5.95 Å². The summed E-state index contributed by atoms with van der Waals surface area (Å²) in [5, 5.41) is 9.13. The van der Waals surface area contributed by atoms with Gasteiger partial charge in [0.1, 0.15) is 5.75 Å². The fourth-order valence-electron chi connectivity index (χ4n) is 4.16. The number of hydrogen-bond donors (Lipinski definition) is 1. The van der Waals surface area contributed by atoms with Gasteiger partial charge in [0.05, 0.1) is 12.8 Å². The second-order valence-corrected chi connectivity index (χ2v) is 8.98. The molecule has 0 fully saturated rings. The lowest BCUT2D eigenvalue weighted by Crippen LogP contribution is -2.15. The van der Waals surface area contributed by atoms with Gasteiger partial charge in [-0.05, 0) is 67.1 Å². The van der Waals surface area contributed by atoms with Gasteiger partial charge in [-0.15, -0.1) is 16.4 Å². The highest BCUT2D eigenvalue weighted by Gasteiger charge is 2.16. The van der Waals surface area contributed by atoms with E-state index in [1.54, 1.807) is 11.6 Å². The van der Waals surface area contributed by atoms with Crippen molar-refractivity contribution in [1.82, 2.24) is 14.6 Å². The van der Waals surface area contributed by atoms with Crippen LogP contribution >= 0.6 is 11.3 Å². The molecule has 0 aliphatic heterocycles. The quantitative estimate of drug-likeness (QED) is 0.395. The lowest BCUT2D eigenvalue weighted by atomic mass is 9.89. The Morgan fingerprint density at radius 2 is 1.85 bits per heavy atom. The first-order chi connectivity index (χ1) is 16.1. The highest BCUT2D eigenvalue weighted by molar-refractivity contribution is 7.15. The van der Waals surface area contributed by atoms with E-state index in [9.17, 15) is 9.59 Å². The van der Waals surface area contributed by atoms with Gasteiger partial charge in [0.2, 0.25) is 16.8 Å². The summed E-state index contributed by atoms with van der Waals surface area (Å²) in [6.07, 6.45) is 4.74. The minimum atomic E-state index is -0.273. The fourth-order valence-corrected chi connectivity index (χ4v) is 4.99. The summed E-state index contributed by atoms with van der Waals surface area (Å²) < 4.78 is 6.92. The predicted molar refractivity (Wildman–Crippen MR) is 128 cm³/mol. The molecule has 0 unspecified atom stereocenters. The summed E-state index contributed by atoms with van der Waals surface area (Å²) in [7, 11) is 1.63. The second-order valence-electron chi connectivity index (χ2n) is 8.14. The number of thiazole rings is 1. The zero-order valence-electron chi connectivity index (χ0n) is 18.3. The van der Waals surface area contributed by atoms with E-state index in [1.165, 1.54) is 35.3 Å². The van der Waals surface area contributed by atoms with Gasteiger partial charge in [0.15, 0.2) is 5.78 Å². The van der Waals surface area contributed by atoms with Crippen molar-refractivity contribution in [1.29, 1.82) is 0 Å². The summed E-state index contributed by atoms with van der Waals surface area (Å²) >= 11 is 1.45. The van der Waals surface area contributed by atoms with Gasteiger partial charge in [-0.3, -0.25) is 14.9 Å². The molecule has 0 atom stereocenters. The molecule has 8 heteroatoms. The molecule has 2 aromatic heterocycles. The third-order valence-electron chi connectivity index (χ3n) is 5.97. The Kier molecular flexibility index (Phi) is 5.92. The van der Waals surface area contributed by atoms with E-state index in [4.69, 9.17) is 4.74 Å². The Bertz CT molecular complexity index is 1320. The topological polar surface area (TPSA) is 85.6 Å². The zero-order valence-corrected chi connectivity index (χ0v) is 19.2. The highest BCUT2D eigenvalue weighted by Crippen LogP contribution is 2.27. The van der Waals surface area contributed by atoms with Crippen molar-refractivity contribution in [2.24, 2.45) is 0 Å². The van der Waals surface area contributed by atoms with Crippen molar-refractivity contribution in [3.8, 4) is 17.0 Å². The second kappa shape index (κ2) is 9.15. The summed E-state index contributed by atoms with van der Waals surface area (Å²) in [5.41, 5.74) is 5.16. The molecule has 4 aromatic rings. The van der Waals surface area contributed by atoms with Crippen molar-refractivity contribution in [2.75, 3.05) is 12.4 Å². The molecule has 0 radical (unpaired) electrons. The lowest BCUT2D eigenvalue weighted by Gasteiger charge is -2.16. The zero-order chi connectivity index (χ0) is 22.8. The summed E-state index contributed by atoms with van der Waals surface area (Å²) in [4.78, 5) is 30.1. The Balaban J connectivity index is 1.22. The minimum Gasteiger partial charge on any atom is -0.497 e. The molecule has 0 saturated carbocycles. The van der Waals surface area contributed by atoms with Gasteiger partial charge >= 0.3 is 0 Å². The van der Waals surface area contributed by atoms with E-state index in [-0.39, 0.29) is 30.5 Å². The number of ether oxygens (including phenoxy) is 1. The van der Waals surface area contributed by atoms with Crippen LogP contribution in [0.5, 0.6) is 5.75 Å². The molecule has 0 bridgehead atoms. The molecule has 1 N–H and O–H groups in total. The Hall–Kier alpha value is -3.52. The fraction of sp³-hybridized carbons (Fsp3) is 0.280. The average Bonchev–Trinajstić information content (AvgIpc) is 3.42. The van der Waals surface area contributed by atoms with E-state index in [0.717, 1.165) is 29.8 Å². The number of anilines is 1. The van der Waals surface area contributed by atoms with Crippen LogP contribution in [0, 0.1) is 0 Å². The van der Waals surface area contributed by atoms with Crippen LogP contribution in [0.25, 0.3) is 16.2 Å². The number of ketones is 1. The van der Waals surface area contributed by atoms with E-state index >= 15 is 0 Å². The molecule has 33 heavy (non-hydrogen) atoms. The third-order valence-corrected chi connectivity index (χ3v) is 6.78. The predicted octanol–water partition coefficient (Wildman–Crippen LogP) is 4.95. The number of rotatable bonds is 7. The number of aromatic nitrogens is 3. The van der Waals surface area contributed by atoms with Gasteiger partial charge in [-0.2, -0.15) is 4.98 Å². The SMILES string of the molecule is COc1ccc(-c2csc3nc(NC(=O)CCC(=O)c4ccc5c(c4)CCCC5)nn23)cc1. The molecule has 0 spiro atoms. The van der Waals surface area contributed by atoms with Crippen LogP contribution in [0.1, 0.15) is 47.2 Å². The first-order valence-corrected chi connectivity index (χ1v) is 11.9. The van der Waals surface area contributed by atoms with Crippen molar-refractivity contribution in [3.63, 3.8) is 0 Å². The molecular weight excluding hydrogens is 436 g/mol. The first kappa shape index (κ1) is 21.3. The van der Waals surface area contributed by atoms with Gasteiger partial charge in [-0.25, -0.2) is 4.52 Å². The number of nitrogens with one attached hydrogen (secondary N) is 1. The van der Waals surface area contributed by atoms with E-state index in [1.807, 2.05) is 41.8 Å². The summed E-state index contributed by atoms with van der Waals surface area (Å²) in [6.45, 7) is 0. The Morgan fingerprint density at radius 1 is 1.06 bits per heavy atom. The summed E-state index contributed by atoms with van der Waals surface area (Å²) in [5.74, 6) is 0.731. The number of nitrogens with zero attached hydrogens (tertiary/aromatic N) is 3. The number of methoxy groups -OCH3 is 1. The molecule has 5 rings (SSSR count). The number of Topliss-reactive ketones (excluding diaryl/α,β-unsaturated/α-hetero) is 1. The van der Waals surface area contributed by atoms with Crippen LogP contribution in [-0.2, 0) is 17.6 Å². The van der Waals surface area contributed by atoms with Gasteiger partial charge in [0.25, 0.3) is 0 Å². The number of carbonyl (C=O) groups excluding carboxylic acids is 2. The maximum absolute atomic E-state index is 12.6. The molecule has 2 aromatic carbocycles. The van der Waals surface area contributed by atoms with Crippen LogP contribution in [0.15, 0.2) is 47.8 Å². The monoisotopic (exact) mass is 460 g/mol. The molecule has 1 amide bonds. The molecule has 1 aliphatic rings. The third kappa shape index (κ3) is 4.52. The lowest BCUT2D eigenvalue weighted by molar-refractivity contribution is -0.116. The molecule has 168 valence electrons. The first-order valence-electron chi connectivity index (χ1n) is 11.0. The van der Waals surface area contributed by atoms with Crippen molar-refractivity contribution in [2.45, 2.75) is 38.5 Å². The molecule has 2 heterocycles. The Morgan fingerprint density at radius 3 is 2.64 bits per heavy atom. The maximum Gasteiger partial charge on any atom is 0.250 e. The highest BCUT2D eigenvalue weighted by atomic mass is 32.1. The van der Waals surface area contributed by atoms with Crippen molar-refractivity contribution < 1.29 is 14.3 Å². The number of hydrogen-bond acceptors (Lipinski definition) is 6. The van der Waals surface area contributed by atoms with Crippen LogP contribution < -0.4 is 10.1 Å². The number of amides is 1. The largest absolute Gasteiger partial charge is 0.497 e. The van der Waals surface area contributed by atoms with Crippen molar-refractivity contribution >= 4 is 33.9 Å². The van der Waals surface area contributed by atoms with Gasteiger partial charge < -0.3 is 4.74 Å². The molecular formula is C25H24N4O3S. The average molecular weight is 461 g/mol. The number of fused-ring (bicyclic) bond motifs is 2. The van der Waals surface area contributed by atoms with Crippen LogP contribution in [-0.4, -0.2) is 33.4 Å². The summed E-state index contributed by atoms with van der Waals surface area (Å²) in [6, 6.07) is 13.6.